The molecule has 6 unspecified atom stereocenters. The normalized spacial score (nSPS) is 28.9. The molecule has 3 N–H and O–H groups in total. The van der Waals surface area contributed by atoms with E-state index < -0.39 is 53.9 Å². The number of benzene rings is 3. The van der Waals surface area contributed by atoms with Gasteiger partial charge in [-0.25, -0.2) is 4.90 Å². The standard InChI is InChI=1S/C34H31BN2O8/c1-34-25(31(40)37(33(34)42)20-8-4-3-5-9-20)17-24-22(29(34)18-11-14-27(45-2)26(38)15-18)12-13-23-28(24)32(41)36(30(23)39)21-10-6-7-19(16-21)35(43)44/h3-12,14-16,23-25,28-29,38,43-44H,13,17H2,1-2H3. The van der Waals surface area contributed by atoms with Crippen molar-refractivity contribution in [3.05, 3.63) is 90.0 Å². The van der Waals surface area contributed by atoms with Crippen molar-refractivity contribution in [3.63, 3.8) is 0 Å². The second-order valence-electron chi connectivity index (χ2n) is 12.4. The highest BCUT2D eigenvalue weighted by molar-refractivity contribution is 6.58. The summed E-state index contributed by atoms with van der Waals surface area (Å²) in [6.45, 7) is 1.79. The molecule has 45 heavy (non-hydrogen) atoms. The van der Waals surface area contributed by atoms with E-state index >= 15 is 0 Å². The largest absolute Gasteiger partial charge is 0.504 e. The van der Waals surface area contributed by atoms with Crippen LogP contribution >= 0.6 is 0 Å². The molecule has 7 rings (SSSR count). The molecule has 0 bridgehead atoms. The number of phenols is 1. The zero-order valence-corrected chi connectivity index (χ0v) is 24.7. The van der Waals surface area contributed by atoms with Gasteiger partial charge in [0.15, 0.2) is 11.5 Å². The third-order valence-corrected chi connectivity index (χ3v) is 10.3. The second-order valence-corrected chi connectivity index (χ2v) is 12.4. The number of carbonyl (C=O) groups excluding carboxylic acids is 4. The number of amides is 4. The van der Waals surface area contributed by atoms with Gasteiger partial charge >= 0.3 is 7.12 Å². The van der Waals surface area contributed by atoms with Gasteiger partial charge in [-0.3, -0.25) is 24.1 Å². The first-order valence-corrected chi connectivity index (χ1v) is 14.9. The number of methoxy groups -OCH3 is 1. The van der Waals surface area contributed by atoms with Gasteiger partial charge in [-0.05, 0) is 73.1 Å². The van der Waals surface area contributed by atoms with Gasteiger partial charge in [0.05, 0.1) is 41.7 Å². The number of allylic oxidation sites excluding steroid dienone is 2. The Balaban J connectivity index is 1.36. The van der Waals surface area contributed by atoms with Crippen LogP contribution in [0.15, 0.2) is 84.4 Å². The molecular formula is C34H31BN2O8. The number of phenolic OH excluding ortho intramolecular Hbond substituents is 1. The van der Waals surface area contributed by atoms with Gasteiger partial charge in [0.25, 0.3) is 0 Å². The second kappa shape index (κ2) is 10.4. The highest BCUT2D eigenvalue weighted by Gasteiger charge is 2.67. The lowest BCUT2D eigenvalue weighted by molar-refractivity contribution is -0.131. The van der Waals surface area contributed by atoms with Crippen LogP contribution < -0.4 is 20.0 Å². The summed E-state index contributed by atoms with van der Waals surface area (Å²) in [7, 11) is -0.334. The van der Waals surface area contributed by atoms with Gasteiger partial charge in [-0.15, -0.1) is 0 Å². The van der Waals surface area contributed by atoms with Crippen LogP contribution in [0.25, 0.3) is 0 Å². The minimum atomic E-state index is -1.77. The number of anilines is 2. The number of nitrogens with zero attached hydrogens (tertiary/aromatic N) is 2. The van der Waals surface area contributed by atoms with Crippen LogP contribution in [0.3, 0.4) is 0 Å². The molecule has 0 radical (unpaired) electrons. The predicted octanol–water partition coefficient (Wildman–Crippen LogP) is 2.52. The van der Waals surface area contributed by atoms with Crippen LogP contribution in [-0.4, -0.2) is 53.0 Å². The third kappa shape index (κ3) is 4.10. The van der Waals surface area contributed by atoms with Crippen molar-refractivity contribution in [2.45, 2.75) is 25.7 Å². The molecule has 10 nitrogen and oxygen atoms in total. The molecule has 2 aliphatic carbocycles. The number of carbonyl (C=O) groups is 4. The summed E-state index contributed by atoms with van der Waals surface area (Å²) < 4.78 is 5.27. The molecule has 3 fully saturated rings. The summed E-state index contributed by atoms with van der Waals surface area (Å²) in [6.07, 6.45) is 2.38. The zero-order chi connectivity index (χ0) is 31.8. The van der Waals surface area contributed by atoms with E-state index in [1.54, 1.807) is 67.6 Å². The van der Waals surface area contributed by atoms with E-state index in [0.717, 1.165) is 10.5 Å². The monoisotopic (exact) mass is 606 g/mol. The summed E-state index contributed by atoms with van der Waals surface area (Å²) in [5.41, 5.74) is 0.998. The Hall–Kier alpha value is -4.74. The van der Waals surface area contributed by atoms with E-state index in [0.29, 0.717) is 11.3 Å². The smallest absolute Gasteiger partial charge is 0.488 e. The van der Waals surface area contributed by atoms with Gasteiger partial charge in [-0.2, -0.15) is 0 Å². The van der Waals surface area contributed by atoms with Crippen molar-refractivity contribution in [1.82, 2.24) is 0 Å². The third-order valence-electron chi connectivity index (χ3n) is 10.3. The van der Waals surface area contributed by atoms with Gasteiger partial charge < -0.3 is 19.9 Å². The van der Waals surface area contributed by atoms with Gasteiger partial charge in [0.1, 0.15) is 0 Å². The van der Waals surface area contributed by atoms with Gasteiger partial charge in [0, 0.05) is 5.92 Å². The highest BCUT2D eigenvalue weighted by atomic mass is 16.5. The molecule has 6 atom stereocenters. The number of ether oxygens (including phenoxy) is 1. The summed E-state index contributed by atoms with van der Waals surface area (Å²) >= 11 is 0. The van der Waals surface area contributed by atoms with E-state index in [2.05, 4.69) is 0 Å². The predicted molar refractivity (Wildman–Crippen MR) is 164 cm³/mol. The van der Waals surface area contributed by atoms with Crippen LogP contribution in [0.2, 0.25) is 0 Å². The lowest BCUT2D eigenvalue weighted by Crippen LogP contribution is -2.48. The van der Waals surface area contributed by atoms with E-state index in [-0.39, 0.29) is 47.3 Å². The fourth-order valence-corrected chi connectivity index (χ4v) is 8.18. The van der Waals surface area contributed by atoms with Crippen molar-refractivity contribution in [1.29, 1.82) is 0 Å². The maximum Gasteiger partial charge on any atom is 0.488 e. The summed E-state index contributed by atoms with van der Waals surface area (Å²) in [6, 6.07) is 19.7. The molecule has 228 valence electrons. The SMILES string of the molecule is COc1ccc(C2C3=CCC4C(=O)N(c5cccc(B(O)O)c5)C(=O)C4C3CC3C(=O)N(c4ccccc4)C(=O)C32C)cc1O. The zero-order valence-electron chi connectivity index (χ0n) is 24.7. The molecule has 3 aromatic rings. The average molecular weight is 606 g/mol. The van der Waals surface area contributed by atoms with Crippen molar-refractivity contribution in [2.75, 3.05) is 16.9 Å². The number of para-hydroxylation sites is 1. The van der Waals surface area contributed by atoms with Crippen LogP contribution in [-0.2, 0) is 19.2 Å². The van der Waals surface area contributed by atoms with Crippen LogP contribution in [0.4, 0.5) is 11.4 Å². The minimum Gasteiger partial charge on any atom is -0.504 e. The van der Waals surface area contributed by atoms with Crippen molar-refractivity contribution >= 4 is 47.6 Å². The van der Waals surface area contributed by atoms with Crippen molar-refractivity contribution in [2.24, 2.45) is 29.1 Å². The first-order chi connectivity index (χ1) is 21.6. The number of rotatable bonds is 5. The topological polar surface area (TPSA) is 145 Å². The molecule has 1 saturated carbocycles. The Bertz CT molecular complexity index is 1790. The number of imide groups is 2. The number of hydrogen-bond acceptors (Lipinski definition) is 8. The molecule has 4 aliphatic rings. The molecule has 2 saturated heterocycles. The van der Waals surface area contributed by atoms with E-state index in [4.69, 9.17) is 4.74 Å². The van der Waals surface area contributed by atoms with Crippen molar-refractivity contribution < 1.29 is 39.1 Å². The van der Waals surface area contributed by atoms with E-state index in [1.807, 2.05) is 6.08 Å². The first kappa shape index (κ1) is 29.0. The van der Waals surface area contributed by atoms with Crippen LogP contribution in [0, 0.1) is 29.1 Å². The Kier molecular flexibility index (Phi) is 6.72. The minimum absolute atomic E-state index is 0.118. The fraction of sp³-hybridized carbons (Fsp3) is 0.294. The highest BCUT2D eigenvalue weighted by Crippen LogP contribution is 2.64. The van der Waals surface area contributed by atoms with Gasteiger partial charge in [0.2, 0.25) is 23.6 Å². The average Bonchev–Trinajstić information content (AvgIpc) is 3.40. The molecule has 2 heterocycles. The fourth-order valence-electron chi connectivity index (χ4n) is 8.18. The molecule has 3 aromatic carbocycles. The Morgan fingerprint density at radius 2 is 1.58 bits per heavy atom. The van der Waals surface area contributed by atoms with Crippen LogP contribution in [0.5, 0.6) is 11.5 Å². The molecule has 2 aliphatic heterocycles. The Labute approximate surface area is 259 Å². The maximum atomic E-state index is 14.4. The molecular weight excluding hydrogens is 575 g/mol. The van der Waals surface area contributed by atoms with E-state index in [1.165, 1.54) is 24.1 Å². The summed E-state index contributed by atoms with van der Waals surface area (Å²) in [4.78, 5) is 59.0. The molecule has 4 amide bonds. The quantitative estimate of drug-likeness (QED) is 0.228. The molecule has 0 spiro atoms. The maximum absolute atomic E-state index is 14.4. The van der Waals surface area contributed by atoms with Crippen LogP contribution in [0.1, 0.15) is 31.2 Å². The number of hydrogen-bond donors (Lipinski definition) is 3. The van der Waals surface area contributed by atoms with Gasteiger partial charge in [-0.1, -0.05) is 48.0 Å². The van der Waals surface area contributed by atoms with Crippen molar-refractivity contribution in [3.8, 4) is 11.5 Å². The Morgan fingerprint density at radius 1 is 0.844 bits per heavy atom. The first-order valence-electron chi connectivity index (χ1n) is 14.9. The molecule has 11 heteroatoms. The van der Waals surface area contributed by atoms with E-state index in [9.17, 15) is 34.3 Å². The summed E-state index contributed by atoms with van der Waals surface area (Å²) in [5.74, 6) is -4.88. The summed E-state index contributed by atoms with van der Waals surface area (Å²) in [5, 5.41) is 30.2. The number of aromatic hydroxyl groups is 1. The lowest BCUT2D eigenvalue weighted by atomic mass is 9.51. The Morgan fingerprint density at radius 3 is 2.27 bits per heavy atom. The number of fused-ring (bicyclic) bond motifs is 4. The molecule has 0 aromatic heterocycles. The lowest BCUT2D eigenvalue weighted by Gasteiger charge is -2.49.